The molecular weight excluding hydrogens is 380 g/mol. The van der Waals surface area contributed by atoms with Crippen LogP contribution >= 0.6 is 0 Å². The molecule has 1 aromatic heterocycles. The maximum atomic E-state index is 11.8. The van der Waals surface area contributed by atoms with Crippen molar-refractivity contribution in [3.05, 3.63) is 17.8 Å². The molecule has 4 aliphatic rings. The van der Waals surface area contributed by atoms with Gasteiger partial charge in [0.2, 0.25) is 0 Å². The second-order valence-corrected chi connectivity index (χ2v) is 9.77. The predicted octanol–water partition coefficient (Wildman–Crippen LogP) is 2.94. The van der Waals surface area contributed by atoms with Crippen LogP contribution < -0.4 is 9.80 Å². The summed E-state index contributed by atoms with van der Waals surface area (Å²) >= 11 is 0. The minimum Gasteiger partial charge on any atom is -0.447 e. The fourth-order valence-electron chi connectivity index (χ4n) is 5.97. The Morgan fingerprint density at radius 3 is 2.50 bits per heavy atom. The first-order valence-corrected chi connectivity index (χ1v) is 11.6. The number of amides is 1. The number of carbonyl (C=O) groups is 1. The van der Waals surface area contributed by atoms with E-state index in [-0.39, 0.29) is 12.2 Å². The first kappa shape index (κ1) is 20.1. The van der Waals surface area contributed by atoms with Gasteiger partial charge in [-0.3, -0.25) is 9.80 Å². The highest BCUT2D eigenvalue weighted by atomic mass is 16.6. The number of likely N-dealkylation sites (tertiary alicyclic amines) is 1. The summed E-state index contributed by atoms with van der Waals surface area (Å²) in [6, 6.07) is 2.74. The van der Waals surface area contributed by atoms with Gasteiger partial charge in [-0.2, -0.15) is 0 Å². The summed E-state index contributed by atoms with van der Waals surface area (Å²) in [5.41, 5.74) is 2.41. The molecule has 7 nitrogen and oxygen atoms in total. The lowest BCUT2D eigenvalue weighted by Crippen LogP contribution is -2.44. The van der Waals surface area contributed by atoms with Crippen LogP contribution in [0.5, 0.6) is 0 Å². The van der Waals surface area contributed by atoms with E-state index in [4.69, 9.17) is 9.72 Å². The lowest BCUT2D eigenvalue weighted by atomic mass is 9.77. The van der Waals surface area contributed by atoms with Gasteiger partial charge in [0.05, 0.1) is 24.5 Å². The molecule has 4 fully saturated rings. The normalized spacial score (nSPS) is 29.6. The molecule has 5 rings (SSSR count). The fourth-order valence-corrected chi connectivity index (χ4v) is 5.97. The van der Waals surface area contributed by atoms with Gasteiger partial charge < -0.3 is 14.7 Å². The molecule has 0 bridgehead atoms. The summed E-state index contributed by atoms with van der Waals surface area (Å²) in [5, 5.41) is 9.81. The smallest absolute Gasteiger partial charge is 0.414 e. The van der Waals surface area contributed by atoms with Gasteiger partial charge in [0.25, 0.3) is 0 Å². The van der Waals surface area contributed by atoms with Crippen LogP contribution in [0.4, 0.5) is 16.3 Å². The van der Waals surface area contributed by atoms with Gasteiger partial charge in [-0.15, -0.1) is 0 Å². The third kappa shape index (κ3) is 3.78. The van der Waals surface area contributed by atoms with Gasteiger partial charge in [0.1, 0.15) is 12.4 Å². The highest BCUT2D eigenvalue weighted by molar-refractivity contribution is 5.89. The largest absolute Gasteiger partial charge is 0.447 e. The topological polar surface area (TPSA) is 69.1 Å². The highest BCUT2D eigenvalue weighted by Gasteiger charge is 2.43. The summed E-state index contributed by atoms with van der Waals surface area (Å²) < 4.78 is 5.05. The number of ether oxygens (including phenoxy) is 1. The van der Waals surface area contributed by atoms with Gasteiger partial charge in [0, 0.05) is 25.7 Å². The molecule has 0 radical (unpaired) electrons. The van der Waals surface area contributed by atoms with Gasteiger partial charge in [-0.05, 0) is 75.5 Å². The van der Waals surface area contributed by atoms with Crippen LogP contribution in [0, 0.1) is 12.3 Å². The van der Waals surface area contributed by atoms with Gasteiger partial charge in [-0.1, -0.05) is 0 Å². The number of aromatic nitrogens is 1. The zero-order valence-corrected chi connectivity index (χ0v) is 18.1. The van der Waals surface area contributed by atoms with E-state index in [1.54, 1.807) is 4.90 Å². The van der Waals surface area contributed by atoms with Crippen molar-refractivity contribution in [2.45, 2.75) is 64.0 Å². The number of hydrogen-bond donors (Lipinski definition) is 1. The molecule has 4 heterocycles. The first-order chi connectivity index (χ1) is 14.5. The van der Waals surface area contributed by atoms with Crippen molar-refractivity contribution in [2.75, 3.05) is 49.1 Å². The van der Waals surface area contributed by atoms with Gasteiger partial charge >= 0.3 is 6.09 Å². The Labute approximate surface area is 179 Å². The number of pyridine rings is 1. The Bertz CT molecular complexity index is 785. The number of anilines is 2. The predicted molar refractivity (Wildman–Crippen MR) is 116 cm³/mol. The number of piperidine rings is 1. The Morgan fingerprint density at radius 1 is 1.10 bits per heavy atom. The number of carbonyl (C=O) groups excluding carboxylic acids is 1. The van der Waals surface area contributed by atoms with Crippen molar-refractivity contribution in [2.24, 2.45) is 5.41 Å². The summed E-state index contributed by atoms with van der Waals surface area (Å²) in [4.78, 5) is 23.4. The van der Waals surface area contributed by atoms with Crippen LogP contribution in [0.2, 0.25) is 0 Å². The Morgan fingerprint density at radius 2 is 1.83 bits per heavy atom. The molecule has 7 heteroatoms. The summed E-state index contributed by atoms with van der Waals surface area (Å²) in [7, 11) is 0. The lowest BCUT2D eigenvalue weighted by molar-refractivity contribution is 0.0762. The monoisotopic (exact) mass is 414 g/mol. The molecule has 0 atom stereocenters. The van der Waals surface area contributed by atoms with E-state index < -0.39 is 0 Å². The standard InChI is InChI=1S/C23H34N4O3/c1-17-14-19(27-12-13-30-22(27)29)15-24-21(17)25-9-6-23(7-10-25)8-11-26(16-23)18-2-4-20(28)5-3-18/h14-15,18,20,28H,2-13,16H2,1H3/t18-,20+. The van der Waals surface area contributed by atoms with Crippen LogP contribution in [-0.4, -0.2) is 72.6 Å². The lowest BCUT2D eigenvalue weighted by Gasteiger charge is -2.41. The SMILES string of the molecule is Cc1cc(N2CCOC2=O)cnc1N1CCC2(CC1)CCN([C@H]1CC[C@@H](O)CC1)C2. The number of aliphatic hydroxyl groups excluding tert-OH is 1. The molecule has 0 aromatic carbocycles. The summed E-state index contributed by atoms with van der Waals surface area (Å²) in [6.07, 6.45) is 9.47. The average molecular weight is 415 g/mol. The molecule has 1 spiro atoms. The third-order valence-corrected chi connectivity index (χ3v) is 7.88. The Kier molecular flexibility index (Phi) is 5.35. The molecule has 164 valence electrons. The van der Waals surface area contributed by atoms with Crippen LogP contribution in [0.15, 0.2) is 12.3 Å². The maximum absolute atomic E-state index is 11.8. The van der Waals surface area contributed by atoms with E-state index >= 15 is 0 Å². The number of nitrogens with zero attached hydrogens (tertiary/aromatic N) is 4. The van der Waals surface area contributed by atoms with Crippen molar-refractivity contribution in [1.82, 2.24) is 9.88 Å². The van der Waals surface area contributed by atoms with Crippen molar-refractivity contribution in [3.8, 4) is 0 Å². The minimum atomic E-state index is -0.276. The Balaban J connectivity index is 1.20. The maximum Gasteiger partial charge on any atom is 0.414 e. The average Bonchev–Trinajstić information content (AvgIpc) is 3.36. The molecular formula is C23H34N4O3. The van der Waals surface area contributed by atoms with Crippen LogP contribution in [-0.2, 0) is 4.74 Å². The van der Waals surface area contributed by atoms with Gasteiger partial charge in [-0.25, -0.2) is 9.78 Å². The molecule has 3 saturated heterocycles. The molecule has 30 heavy (non-hydrogen) atoms. The zero-order chi connectivity index (χ0) is 20.7. The van der Waals surface area contributed by atoms with Crippen LogP contribution in [0.3, 0.4) is 0 Å². The minimum absolute atomic E-state index is 0.0701. The Hall–Kier alpha value is -1.86. The van der Waals surface area contributed by atoms with Crippen molar-refractivity contribution in [1.29, 1.82) is 0 Å². The van der Waals surface area contributed by atoms with E-state index in [1.807, 2.05) is 6.20 Å². The molecule has 1 aromatic rings. The van der Waals surface area contributed by atoms with E-state index in [9.17, 15) is 9.90 Å². The molecule has 1 amide bonds. The van der Waals surface area contributed by atoms with Crippen molar-refractivity contribution >= 4 is 17.6 Å². The van der Waals surface area contributed by atoms with Crippen LogP contribution in [0.1, 0.15) is 50.5 Å². The summed E-state index contributed by atoms with van der Waals surface area (Å²) in [5.74, 6) is 1.05. The number of hydrogen-bond acceptors (Lipinski definition) is 6. The van der Waals surface area contributed by atoms with E-state index in [1.165, 1.54) is 32.4 Å². The summed E-state index contributed by atoms with van der Waals surface area (Å²) in [6.45, 7) is 7.69. The quantitative estimate of drug-likeness (QED) is 0.820. The van der Waals surface area contributed by atoms with E-state index in [0.29, 0.717) is 24.6 Å². The molecule has 1 saturated carbocycles. The first-order valence-electron chi connectivity index (χ1n) is 11.6. The number of rotatable bonds is 3. The number of cyclic esters (lactones) is 1. The van der Waals surface area contributed by atoms with E-state index in [2.05, 4.69) is 22.8 Å². The molecule has 3 aliphatic heterocycles. The zero-order valence-electron chi connectivity index (χ0n) is 18.1. The van der Waals surface area contributed by atoms with E-state index in [0.717, 1.165) is 55.8 Å². The highest BCUT2D eigenvalue weighted by Crippen LogP contribution is 2.43. The second kappa shape index (κ2) is 8.00. The van der Waals surface area contributed by atoms with Gasteiger partial charge in [0.15, 0.2) is 0 Å². The number of aliphatic hydroxyl groups is 1. The molecule has 1 aliphatic carbocycles. The van der Waals surface area contributed by atoms with Crippen LogP contribution in [0.25, 0.3) is 0 Å². The number of aryl methyl sites for hydroxylation is 1. The van der Waals surface area contributed by atoms with Crippen molar-refractivity contribution < 1.29 is 14.6 Å². The molecule has 0 unspecified atom stereocenters. The molecule has 1 N–H and O–H groups in total. The van der Waals surface area contributed by atoms with Crippen molar-refractivity contribution in [3.63, 3.8) is 0 Å². The third-order valence-electron chi connectivity index (χ3n) is 7.88. The second-order valence-electron chi connectivity index (χ2n) is 9.77. The fraction of sp³-hybridized carbons (Fsp3) is 0.739.